The van der Waals surface area contributed by atoms with Crippen LogP contribution in [0, 0.1) is 5.82 Å². The van der Waals surface area contributed by atoms with Crippen molar-refractivity contribution in [1.29, 1.82) is 0 Å². The summed E-state index contributed by atoms with van der Waals surface area (Å²) < 4.78 is 20.1. The van der Waals surface area contributed by atoms with Crippen molar-refractivity contribution < 1.29 is 19.0 Å². The van der Waals surface area contributed by atoms with E-state index in [4.69, 9.17) is 16.3 Å². The van der Waals surface area contributed by atoms with Crippen molar-refractivity contribution in [2.75, 3.05) is 20.7 Å². The van der Waals surface area contributed by atoms with Gasteiger partial charge in [-0.3, -0.25) is 4.79 Å². The Morgan fingerprint density at radius 2 is 2.04 bits per heavy atom. The molecule has 0 heterocycles. The minimum atomic E-state index is -0.711. The molecule has 0 aliphatic carbocycles. The van der Waals surface area contributed by atoms with Crippen LogP contribution in [0.15, 0.2) is 30.8 Å². The maximum Gasteiger partial charge on any atom is 0.259 e. The zero-order valence-electron chi connectivity index (χ0n) is 16.6. The normalized spacial score (nSPS) is 10.8. The van der Waals surface area contributed by atoms with Crippen LogP contribution in [0.2, 0.25) is 5.02 Å². The summed E-state index contributed by atoms with van der Waals surface area (Å²) in [4.78, 5) is 13.1. The number of rotatable bonds is 7. The van der Waals surface area contributed by atoms with Crippen LogP contribution in [-0.4, -0.2) is 36.6 Å². The van der Waals surface area contributed by atoms with Gasteiger partial charge in [0.05, 0.1) is 5.02 Å². The fourth-order valence-electron chi connectivity index (χ4n) is 2.77. The highest BCUT2D eigenvalue weighted by Gasteiger charge is 2.19. The van der Waals surface area contributed by atoms with Gasteiger partial charge in [0, 0.05) is 14.1 Å². The summed E-state index contributed by atoms with van der Waals surface area (Å²) in [6.45, 7) is 7.47. The number of halogens is 2. The van der Waals surface area contributed by atoms with Crippen LogP contribution in [-0.2, 0) is 11.2 Å². The summed E-state index contributed by atoms with van der Waals surface area (Å²) in [5.74, 6) is -0.709. The minimum Gasteiger partial charge on any atom is -0.508 e. The smallest absolute Gasteiger partial charge is 0.259 e. The van der Waals surface area contributed by atoms with E-state index in [0.29, 0.717) is 17.5 Å². The molecule has 0 aromatic heterocycles. The standard InChI is InChI=1S/C22H25ClFNO3/c1-6-15-11-19(28-12-20(27)25(4)5)22(24)21(23)17(15)10-14-7-8-18(26)16(9-14)13(2)3/h6-9,11,13,26H,1,10,12H2,2-5H3. The summed E-state index contributed by atoms with van der Waals surface area (Å²) in [5, 5.41) is 9.93. The first-order chi connectivity index (χ1) is 13.1. The molecule has 4 nitrogen and oxygen atoms in total. The number of nitrogens with zero attached hydrogens (tertiary/aromatic N) is 1. The third kappa shape index (κ3) is 4.84. The molecule has 28 heavy (non-hydrogen) atoms. The molecule has 6 heteroatoms. The number of phenolic OH excluding ortho intramolecular Hbond substituents is 1. The van der Waals surface area contributed by atoms with Crippen molar-refractivity contribution in [2.45, 2.75) is 26.2 Å². The van der Waals surface area contributed by atoms with Gasteiger partial charge in [0.25, 0.3) is 5.91 Å². The Morgan fingerprint density at radius 1 is 1.36 bits per heavy atom. The van der Waals surface area contributed by atoms with Crippen molar-refractivity contribution in [1.82, 2.24) is 4.90 Å². The number of likely N-dealkylation sites (N-methyl/N-ethyl adjacent to an activating group) is 1. The summed E-state index contributed by atoms with van der Waals surface area (Å²) in [6, 6.07) is 6.80. The van der Waals surface area contributed by atoms with Crippen molar-refractivity contribution in [3.63, 3.8) is 0 Å². The van der Waals surface area contributed by atoms with Crippen LogP contribution in [0.1, 0.15) is 42.0 Å². The molecule has 0 radical (unpaired) electrons. The highest BCUT2D eigenvalue weighted by Crippen LogP contribution is 2.35. The number of phenols is 1. The first-order valence-electron chi connectivity index (χ1n) is 8.93. The zero-order chi connectivity index (χ0) is 21.0. The number of hydrogen-bond donors (Lipinski definition) is 1. The lowest BCUT2D eigenvalue weighted by molar-refractivity contribution is -0.130. The Balaban J connectivity index is 2.38. The number of carbonyl (C=O) groups excluding carboxylic acids is 1. The van der Waals surface area contributed by atoms with Gasteiger partial charge in [0.1, 0.15) is 5.75 Å². The third-order valence-electron chi connectivity index (χ3n) is 4.47. The van der Waals surface area contributed by atoms with Gasteiger partial charge in [-0.25, -0.2) is 4.39 Å². The van der Waals surface area contributed by atoms with E-state index >= 15 is 0 Å². The van der Waals surface area contributed by atoms with Gasteiger partial charge < -0.3 is 14.7 Å². The number of ether oxygens (including phenoxy) is 1. The molecule has 0 aliphatic heterocycles. The quantitative estimate of drug-likeness (QED) is 0.704. The van der Waals surface area contributed by atoms with Crippen molar-refractivity contribution in [2.24, 2.45) is 0 Å². The van der Waals surface area contributed by atoms with Crippen molar-refractivity contribution >= 4 is 23.6 Å². The Hall–Kier alpha value is -2.53. The molecule has 2 rings (SSSR count). The summed E-state index contributed by atoms with van der Waals surface area (Å²) in [5.41, 5.74) is 2.90. The highest BCUT2D eigenvalue weighted by atomic mass is 35.5. The average molecular weight is 406 g/mol. The topological polar surface area (TPSA) is 49.8 Å². The lowest BCUT2D eigenvalue weighted by Gasteiger charge is -2.16. The van der Waals surface area contributed by atoms with Gasteiger partial charge in [-0.2, -0.15) is 0 Å². The van der Waals surface area contributed by atoms with Gasteiger partial charge in [-0.05, 0) is 46.7 Å². The second kappa shape index (κ2) is 9.11. The fourth-order valence-corrected chi connectivity index (χ4v) is 3.04. The predicted octanol–water partition coefficient (Wildman–Crippen LogP) is 5.01. The Bertz CT molecular complexity index is 894. The maximum absolute atomic E-state index is 14.7. The second-order valence-electron chi connectivity index (χ2n) is 7.08. The van der Waals surface area contributed by atoms with E-state index in [-0.39, 0.29) is 35.0 Å². The van der Waals surface area contributed by atoms with Crippen LogP contribution in [0.25, 0.3) is 6.08 Å². The fraction of sp³-hybridized carbons (Fsp3) is 0.318. The molecular weight excluding hydrogens is 381 g/mol. The van der Waals surface area contributed by atoms with Crippen LogP contribution < -0.4 is 4.74 Å². The van der Waals surface area contributed by atoms with E-state index in [1.807, 2.05) is 19.9 Å². The highest BCUT2D eigenvalue weighted by molar-refractivity contribution is 6.32. The van der Waals surface area contributed by atoms with E-state index in [1.165, 1.54) is 11.0 Å². The molecule has 2 aromatic rings. The van der Waals surface area contributed by atoms with Gasteiger partial charge in [-0.15, -0.1) is 0 Å². The summed E-state index contributed by atoms with van der Waals surface area (Å²) in [7, 11) is 3.19. The molecule has 1 N–H and O–H groups in total. The van der Waals surface area contributed by atoms with Crippen molar-refractivity contribution in [3.05, 3.63) is 63.9 Å². The van der Waals surface area contributed by atoms with Crippen LogP contribution >= 0.6 is 11.6 Å². The lowest BCUT2D eigenvalue weighted by atomic mass is 9.94. The number of aromatic hydroxyl groups is 1. The molecule has 0 aliphatic rings. The molecule has 0 saturated carbocycles. The zero-order valence-corrected chi connectivity index (χ0v) is 17.3. The number of amides is 1. The first-order valence-corrected chi connectivity index (χ1v) is 9.31. The monoisotopic (exact) mass is 405 g/mol. The summed E-state index contributed by atoms with van der Waals surface area (Å²) in [6.07, 6.45) is 1.94. The average Bonchev–Trinajstić information content (AvgIpc) is 2.65. The largest absolute Gasteiger partial charge is 0.508 e. The molecule has 0 unspecified atom stereocenters. The van der Waals surface area contributed by atoms with Gasteiger partial charge in [-0.1, -0.05) is 50.2 Å². The van der Waals surface area contributed by atoms with E-state index in [9.17, 15) is 14.3 Å². The lowest BCUT2D eigenvalue weighted by Crippen LogP contribution is -2.27. The Kier molecular flexibility index (Phi) is 7.08. The minimum absolute atomic E-state index is 0.0659. The van der Waals surface area contributed by atoms with Crippen LogP contribution in [0.4, 0.5) is 4.39 Å². The number of benzene rings is 2. The van der Waals surface area contributed by atoms with Gasteiger partial charge in [0.15, 0.2) is 18.2 Å². The second-order valence-corrected chi connectivity index (χ2v) is 7.45. The van der Waals surface area contributed by atoms with E-state index in [1.54, 1.807) is 32.3 Å². The van der Waals surface area contributed by atoms with E-state index < -0.39 is 5.82 Å². The van der Waals surface area contributed by atoms with Crippen molar-refractivity contribution in [3.8, 4) is 11.5 Å². The molecule has 0 spiro atoms. The molecule has 0 fully saturated rings. The number of carbonyl (C=O) groups is 1. The predicted molar refractivity (Wildman–Crippen MR) is 111 cm³/mol. The molecule has 0 bridgehead atoms. The van der Waals surface area contributed by atoms with Gasteiger partial charge in [0.2, 0.25) is 0 Å². The maximum atomic E-state index is 14.7. The van der Waals surface area contributed by atoms with Crippen LogP contribution in [0.3, 0.4) is 0 Å². The van der Waals surface area contributed by atoms with E-state index in [2.05, 4.69) is 6.58 Å². The molecule has 150 valence electrons. The summed E-state index contributed by atoms with van der Waals surface area (Å²) >= 11 is 6.30. The molecule has 1 amide bonds. The molecular formula is C22H25ClFNO3. The molecule has 2 aromatic carbocycles. The van der Waals surface area contributed by atoms with Gasteiger partial charge >= 0.3 is 0 Å². The molecule has 0 saturated heterocycles. The Labute approximate surface area is 170 Å². The number of hydrogen-bond acceptors (Lipinski definition) is 3. The first kappa shape index (κ1) is 21.8. The molecule has 0 atom stereocenters. The Morgan fingerprint density at radius 3 is 2.61 bits per heavy atom. The third-order valence-corrected chi connectivity index (χ3v) is 4.87. The SMILES string of the molecule is C=Cc1cc(OCC(=O)N(C)C)c(F)c(Cl)c1Cc1ccc(O)c(C(C)C)c1. The van der Waals surface area contributed by atoms with Crippen LogP contribution in [0.5, 0.6) is 11.5 Å². The van der Waals surface area contributed by atoms with E-state index in [0.717, 1.165) is 11.1 Å².